The van der Waals surface area contributed by atoms with E-state index in [4.69, 9.17) is 14.9 Å². The smallest absolute Gasteiger partial charge is 0.252 e. The summed E-state index contributed by atoms with van der Waals surface area (Å²) in [5.74, 6) is 0.138. The van der Waals surface area contributed by atoms with E-state index < -0.39 is 5.91 Å². The van der Waals surface area contributed by atoms with Crippen LogP contribution in [0.1, 0.15) is 62.8 Å². The molecule has 5 rings (SSSR count). The van der Waals surface area contributed by atoms with Gasteiger partial charge in [0.1, 0.15) is 22.9 Å². The molecule has 0 saturated heterocycles. The van der Waals surface area contributed by atoms with Gasteiger partial charge in [-0.15, -0.1) is 0 Å². The number of H-pyrrole nitrogens is 1. The van der Waals surface area contributed by atoms with Crippen molar-refractivity contribution < 1.29 is 23.1 Å². The minimum absolute atomic E-state index is 0.185. The molecule has 4 N–H and O–H groups in total. The molecule has 43 heavy (non-hydrogen) atoms. The molecule has 0 spiro atoms. The Morgan fingerprint density at radius 1 is 1.07 bits per heavy atom. The van der Waals surface area contributed by atoms with E-state index in [-0.39, 0.29) is 23.7 Å². The molecule has 0 aliphatic carbocycles. The molecule has 8 nitrogen and oxygen atoms in total. The molecule has 9 heteroatoms. The minimum Gasteiger partial charge on any atom is -0.493 e. The molecule has 222 valence electrons. The first-order chi connectivity index (χ1) is 20.6. The number of aromatic nitrogens is 2. The lowest BCUT2D eigenvalue weighted by atomic mass is 9.98. The van der Waals surface area contributed by atoms with E-state index >= 15 is 0 Å². The topological polar surface area (TPSA) is 123 Å². The number of carbonyl (C=O) groups excluding carboxylic acids is 2. The highest BCUT2D eigenvalue weighted by Gasteiger charge is 2.21. The highest BCUT2D eigenvalue weighted by molar-refractivity contribution is 6.07. The Labute approximate surface area is 249 Å². The zero-order chi connectivity index (χ0) is 30.7. The Morgan fingerprint density at radius 3 is 2.51 bits per heavy atom. The molecule has 5 aromatic rings. The lowest BCUT2D eigenvalue weighted by molar-refractivity contribution is 0.0947. The Morgan fingerprint density at radius 2 is 1.84 bits per heavy atom. The second-order valence-electron chi connectivity index (χ2n) is 11.1. The van der Waals surface area contributed by atoms with E-state index in [0.29, 0.717) is 59.1 Å². The predicted molar refractivity (Wildman–Crippen MR) is 164 cm³/mol. The molecular formula is C34H35FN4O4. The largest absolute Gasteiger partial charge is 0.493 e. The summed E-state index contributed by atoms with van der Waals surface area (Å²) >= 11 is 0. The van der Waals surface area contributed by atoms with Gasteiger partial charge in [-0.3, -0.25) is 14.7 Å². The lowest BCUT2D eigenvalue weighted by Gasteiger charge is -2.15. The second-order valence-corrected chi connectivity index (χ2v) is 11.1. The molecule has 2 aromatic heterocycles. The maximum absolute atomic E-state index is 13.4. The van der Waals surface area contributed by atoms with Crippen LogP contribution in [0.4, 0.5) is 4.39 Å². The number of carbonyl (C=O) groups is 2. The summed E-state index contributed by atoms with van der Waals surface area (Å²) in [5, 5.41) is 10.8. The fourth-order valence-corrected chi connectivity index (χ4v) is 5.13. The van der Waals surface area contributed by atoms with Crippen LogP contribution >= 0.6 is 0 Å². The number of primary amides is 1. The van der Waals surface area contributed by atoms with Crippen molar-refractivity contribution in [3.8, 4) is 16.9 Å². The number of aryl methyl sites for hydroxylation is 2. The average Bonchev–Trinajstić information content (AvgIpc) is 3.50. The molecule has 2 heterocycles. The fraction of sp³-hybridized carbons (Fsp3) is 0.265. The number of benzene rings is 3. The first kappa shape index (κ1) is 29.6. The average molecular weight is 583 g/mol. The van der Waals surface area contributed by atoms with E-state index in [2.05, 4.69) is 15.5 Å². The predicted octanol–water partition coefficient (Wildman–Crippen LogP) is 6.28. The van der Waals surface area contributed by atoms with Crippen LogP contribution in [0.25, 0.3) is 22.1 Å². The summed E-state index contributed by atoms with van der Waals surface area (Å²) in [5.41, 5.74) is 12.3. The van der Waals surface area contributed by atoms with Crippen molar-refractivity contribution in [2.45, 2.75) is 40.5 Å². The molecule has 0 fully saturated rings. The maximum Gasteiger partial charge on any atom is 0.252 e. The van der Waals surface area contributed by atoms with E-state index in [1.807, 2.05) is 39.8 Å². The van der Waals surface area contributed by atoms with E-state index in [1.54, 1.807) is 36.4 Å². The third kappa shape index (κ3) is 6.61. The van der Waals surface area contributed by atoms with E-state index in [9.17, 15) is 14.0 Å². The Bertz CT molecular complexity index is 1770. The number of amides is 2. The van der Waals surface area contributed by atoms with Crippen molar-refractivity contribution in [2.24, 2.45) is 11.7 Å². The molecule has 0 radical (unpaired) electrons. The first-order valence-electron chi connectivity index (χ1n) is 14.3. The van der Waals surface area contributed by atoms with Crippen molar-refractivity contribution in [3.05, 3.63) is 106 Å². The van der Waals surface area contributed by atoms with Crippen molar-refractivity contribution in [2.75, 3.05) is 13.2 Å². The van der Waals surface area contributed by atoms with Crippen LogP contribution in [0.3, 0.4) is 0 Å². The number of ether oxygens (including phenoxy) is 1. The molecule has 2 amide bonds. The lowest BCUT2D eigenvalue weighted by Crippen LogP contribution is -2.27. The zero-order valence-corrected chi connectivity index (χ0v) is 24.7. The number of fused-ring (bicyclic) bond motifs is 1. The number of halogens is 1. The number of rotatable bonds is 11. The number of nitrogens with two attached hydrogens (primary N) is 1. The Balaban J connectivity index is 1.53. The number of hydrogen-bond donors (Lipinski definition) is 3. The molecule has 3 aromatic carbocycles. The van der Waals surface area contributed by atoms with Gasteiger partial charge < -0.3 is 20.2 Å². The maximum atomic E-state index is 13.4. The fourth-order valence-electron chi connectivity index (χ4n) is 5.13. The summed E-state index contributed by atoms with van der Waals surface area (Å²) in [6.07, 6.45) is 0.929. The van der Waals surface area contributed by atoms with Gasteiger partial charge in [0, 0.05) is 41.6 Å². The van der Waals surface area contributed by atoms with E-state index in [0.717, 1.165) is 28.1 Å². The molecule has 0 bridgehead atoms. The molecule has 0 aliphatic rings. The van der Waals surface area contributed by atoms with Gasteiger partial charge in [-0.2, -0.15) is 5.10 Å². The summed E-state index contributed by atoms with van der Waals surface area (Å²) in [7, 11) is 0. The van der Waals surface area contributed by atoms with Crippen molar-refractivity contribution >= 4 is 22.8 Å². The summed E-state index contributed by atoms with van der Waals surface area (Å²) < 4.78 is 25.8. The standard InChI is InChI=1S/C34H35FN4O4/c1-19(2)18-37-34(41)24-8-11-29(42-14-13-26-20(3)38-39-21(26)4)27(17-24)23-7-12-30-28(16-23)32(33(36)40)31(43-30)15-22-5-9-25(35)10-6-22/h5-12,16-17,19H,13-15,18H2,1-4H3,(H2,36,40)(H,37,41)(H,38,39). The molecule has 0 aliphatic heterocycles. The van der Waals surface area contributed by atoms with Gasteiger partial charge in [0.05, 0.1) is 17.9 Å². The third-order valence-corrected chi connectivity index (χ3v) is 7.40. The van der Waals surface area contributed by atoms with Crippen LogP contribution < -0.4 is 15.8 Å². The van der Waals surface area contributed by atoms with Crippen LogP contribution in [0, 0.1) is 25.6 Å². The van der Waals surface area contributed by atoms with Gasteiger partial charge in [0.2, 0.25) is 0 Å². The highest BCUT2D eigenvalue weighted by Crippen LogP contribution is 2.36. The zero-order valence-electron chi connectivity index (χ0n) is 24.7. The van der Waals surface area contributed by atoms with Crippen LogP contribution in [-0.4, -0.2) is 35.2 Å². The quantitative estimate of drug-likeness (QED) is 0.169. The van der Waals surface area contributed by atoms with Gasteiger partial charge in [0.15, 0.2) is 0 Å². The molecular weight excluding hydrogens is 547 g/mol. The number of hydrogen-bond acceptors (Lipinski definition) is 5. The summed E-state index contributed by atoms with van der Waals surface area (Å²) in [6.45, 7) is 8.95. The molecule has 0 atom stereocenters. The normalized spacial score (nSPS) is 11.3. The highest BCUT2D eigenvalue weighted by atomic mass is 19.1. The van der Waals surface area contributed by atoms with E-state index in [1.165, 1.54) is 12.1 Å². The van der Waals surface area contributed by atoms with Crippen molar-refractivity contribution in [1.29, 1.82) is 0 Å². The minimum atomic E-state index is -0.628. The van der Waals surface area contributed by atoms with Gasteiger partial charge in [-0.05, 0) is 78.9 Å². The second kappa shape index (κ2) is 12.5. The Hall–Kier alpha value is -4.92. The number of nitrogens with one attached hydrogen (secondary N) is 2. The summed E-state index contributed by atoms with van der Waals surface area (Å²) in [4.78, 5) is 25.6. The van der Waals surface area contributed by atoms with Crippen LogP contribution in [0.5, 0.6) is 5.75 Å². The number of nitrogens with zero attached hydrogens (tertiary/aromatic N) is 1. The molecule has 0 unspecified atom stereocenters. The summed E-state index contributed by atoms with van der Waals surface area (Å²) in [6, 6.07) is 16.8. The van der Waals surface area contributed by atoms with Gasteiger partial charge >= 0.3 is 0 Å². The number of aromatic amines is 1. The van der Waals surface area contributed by atoms with Gasteiger partial charge in [-0.1, -0.05) is 32.0 Å². The van der Waals surface area contributed by atoms with Crippen molar-refractivity contribution in [3.63, 3.8) is 0 Å². The van der Waals surface area contributed by atoms with Gasteiger partial charge in [-0.25, -0.2) is 4.39 Å². The van der Waals surface area contributed by atoms with Crippen LogP contribution in [-0.2, 0) is 12.8 Å². The first-order valence-corrected chi connectivity index (χ1v) is 14.3. The number of furan rings is 1. The van der Waals surface area contributed by atoms with Crippen molar-refractivity contribution in [1.82, 2.24) is 15.5 Å². The van der Waals surface area contributed by atoms with Crippen LogP contribution in [0.15, 0.2) is 65.1 Å². The molecule has 0 saturated carbocycles. The Kier molecular flexibility index (Phi) is 8.61. The monoisotopic (exact) mass is 582 g/mol. The SMILES string of the molecule is Cc1n[nH]c(C)c1CCOc1ccc(C(=O)NCC(C)C)cc1-c1ccc2oc(Cc3ccc(F)cc3)c(C(N)=O)c2c1. The third-order valence-electron chi connectivity index (χ3n) is 7.40. The van der Waals surface area contributed by atoms with Gasteiger partial charge in [0.25, 0.3) is 11.8 Å². The van der Waals surface area contributed by atoms with Crippen LogP contribution in [0.2, 0.25) is 0 Å².